The predicted octanol–water partition coefficient (Wildman–Crippen LogP) is 2.46. The zero-order valence-corrected chi connectivity index (χ0v) is 10.6. The van der Waals surface area contributed by atoms with Gasteiger partial charge in [0.05, 0.1) is 13.1 Å². The molecule has 0 bridgehead atoms. The van der Waals surface area contributed by atoms with Gasteiger partial charge in [-0.3, -0.25) is 10.1 Å². The van der Waals surface area contributed by atoms with Crippen LogP contribution in [0.1, 0.15) is 0 Å². The molecule has 1 rings (SSSR count). The molecule has 7 heteroatoms. The Bertz CT molecular complexity index is 465. The molecule has 0 atom stereocenters. The quantitative estimate of drug-likeness (QED) is 0.497. The lowest BCUT2D eigenvalue weighted by molar-refractivity contribution is -0.115. The van der Waals surface area contributed by atoms with Crippen molar-refractivity contribution in [3.63, 3.8) is 0 Å². The van der Waals surface area contributed by atoms with E-state index in [4.69, 9.17) is 6.42 Å². The fourth-order valence-electron chi connectivity index (χ4n) is 1.19. The van der Waals surface area contributed by atoms with Crippen molar-refractivity contribution in [2.45, 2.75) is 10.4 Å². The Morgan fingerprint density at radius 1 is 1.32 bits per heavy atom. The van der Waals surface area contributed by atoms with Crippen LogP contribution < -0.4 is 10.6 Å². The van der Waals surface area contributed by atoms with Crippen LogP contribution in [0.5, 0.6) is 0 Å². The van der Waals surface area contributed by atoms with E-state index in [1.54, 1.807) is 0 Å². The van der Waals surface area contributed by atoms with Gasteiger partial charge in [0.1, 0.15) is 0 Å². The third-order valence-electron chi connectivity index (χ3n) is 1.88. The van der Waals surface area contributed by atoms with E-state index in [-0.39, 0.29) is 35.7 Å². The zero-order chi connectivity index (χ0) is 14.3. The van der Waals surface area contributed by atoms with Crippen LogP contribution in [0, 0.1) is 12.3 Å². The molecule has 1 aromatic rings. The topological polar surface area (TPSA) is 41.1 Å². The average molecular weight is 288 g/mol. The van der Waals surface area contributed by atoms with Gasteiger partial charge in [-0.1, -0.05) is 5.92 Å². The first kappa shape index (κ1) is 15.4. The van der Waals surface area contributed by atoms with Gasteiger partial charge >= 0.3 is 5.51 Å². The summed E-state index contributed by atoms with van der Waals surface area (Å²) in [5.41, 5.74) is -3.89. The van der Waals surface area contributed by atoms with Gasteiger partial charge in [-0.15, -0.1) is 6.42 Å². The molecule has 0 fully saturated rings. The van der Waals surface area contributed by atoms with Crippen LogP contribution in [0.2, 0.25) is 0 Å². The molecule has 102 valence electrons. The Hall–Kier alpha value is -1.65. The van der Waals surface area contributed by atoms with E-state index >= 15 is 0 Å². The van der Waals surface area contributed by atoms with Gasteiger partial charge in [-0.2, -0.15) is 13.2 Å². The van der Waals surface area contributed by atoms with Crippen molar-refractivity contribution in [1.29, 1.82) is 0 Å². The number of benzene rings is 1. The zero-order valence-electron chi connectivity index (χ0n) is 9.75. The minimum absolute atomic E-state index is 0.0449. The van der Waals surface area contributed by atoms with E-state index in [1.165, 1.54) is 24.3 Å². The maximum atomic E-state index is 12.1. The van der Waals surface area contributed by atoms with Gasteiger partial charge in [0.15, 0.2) is 0 Å². The number of anilines is 1. The number of alkyl halides is 3. The van der Waals surface area contributed by atoms with Gasteiger partial charge in [0.25, 0.3) is 0 Å². The van der Waals surface area contributed by atoms with Crippen LogP contribution >= 0.6 is 11.8 Å². The monoisotopic (exact) mass is 288 g/mol. The lowest BCUT2D eigenvalue weighted by Gasteiger charge is -2.08. The minimum atomic E-state index is -4.32. The van der Waals surface area contributed by atoms with Crippen LogP contribution in [-0.2, 0) is 4.79 Å². The molecule has 1 aromatic carbocycles. The smallest absolute Gasteiger partial charge is 0.325 e. The molecule has 19 heavy (non-hydrogen) atoms. The molecule has 0 aliphatic heterocycles. The highest BCUT2D eigenvalue weighted by Crippen LogP contribution is 2.36. The number of hydrogen-bond acceptors (Lipinski definition) is 3. The summed E-state index contributed by atoms with van der Waals surface area (Å²) in [4.78, 5) is 11.4. The van der Waals surface area contributed by atoms with Gasteiger partial charge in [-0.25, -0.2) is 0 Å². The summed E-state index contributed by atoms with van der Waals surface area (Å²) < 4.78 is 36.3. The van der Waals surface area contributed by atoms with Crippen LogP contribution in [0.3, 0.4) is 0 Å². The summed E-state index contributed by atoms with van der Waals surface area (Å²) in [5, 5.41) is 5.23. The predicted molar refractivity (Wildman–Crippen MR) is 68.7 cm³/mol. The number of hydrogen-bond donors (Lipinski definition) is 2. The number of nitrogens with one attached hydrogen (secondary N) is 2. The summed E-state index contributed by atoms with van der Waals surface area (Å²) in [6.45, 7) is 0.317. The largest absolute Gasteiger partial charge is 0.446 e. The average Bonchev–Trinajstić information content (AvgIpc) is 2.30. The molecule has 1 amide bonds. The Labute approximate surface area is 113 Å². The van der Waals surface area contributed by atoms with Crippen molar-refractivity contribution in [2.75, 3.05) is 18.4 Å². The number of rotatable bonds is 5. The highest BCUT2D eigenvalue weighted by Gasteiger charge is 2.28. The minimum Gasteiger partial charge on any atom is -0.325 e. The van der Waals surface area contributed by atoms with E-state index in [0.717, 1.165) is 0 Å². The standard InChI is InChI=1S/C12H11F3N2OS/c1-2-7-16-8-11(18)17-9-3-5-10(6-4-9)19-12(13,14)15/h1,3-6,16H,7-8H2,(H,17,18). The summed E-state index contributed by atoms with van der Waals surface area (Å²) in [5.74, 6) is 2.00. The summed E-state index contributed by atoms with van der Waals surface area (Å²) in [7, 11) is 0. The maximum Gasteiger partial charge on any atom is 0.446 e. The molecule has 0 spiro atoms. The van der Waals surface area contributed by atoms with Gasteiger partial charge in [-0.05, 0) is 36.0 Å². The first-order chi connectivity index (χ1) is 8.90. The first-order valence-electron chi connectivity index (χ1n) is 5.20. The van der Waals surface area contributed by atoms with E-state index < -0.39 is 5.51 Å². The summed E-state index contributed by atoms with van der Waals surface area (Å²) >= 11 is -0.202. The number of carbonyl (C=O) groups excluding carboxylic acids is 1. The number of amides is 1. The number of terminal acetylenes is 1. The molecule has 0 heterocycles. The second-order valence-electron chi connectivity index (χ2n) is 3.43. The Balaban J connectivity index is 2.48. The Morgan fingerprint density at radius 3 is 2.47 bits per heavy atom. The molecule has 0 unspecified atom stereocenters. The number of thioether (sulfide) groups is 1. The van der Waals surface area contributed by atoms with Gasteiger partial charge < -0.3 is 5.32 Å². The normalized spacial score (nSPS) is 10.8. The number of carbonyl (C=O) groups is 1. The molecular weight excluding hydrogens is 277 g/mol. The van der Waals surface area contributed by atoms with E-state index in [9.17, 15) is 18.0 Å². The van der Waals surface area contributed by atoms with Crippen LogP contribution in [0.4, 0.5) is 18.9 Å². The fourth-order valence-corrected chi connectivity index (χ4v) is 1.73. The molecule has 0 aliphatic carbocycles. The molecule has 3 nitrogen and oxygen atoms in total. The first-order valence-corrected chi connectivity index (χ1v) is 6.02. The number of halogens is 3. The van der Waals surface area contributed by atoms with E-state index in [1.807, 2.05) is 0 Å². The highest BCUT2D eigenvalue weighted by atomic mass is 32.2. The second kappa shape index (κ2) is 7.07. The SMILES string of the molecule is C#CCNCC(=O)Nc1ccc(SC(F)(F)F)cc1. The van der Waals surface area contributed by atoms with Crippen molar-refractivity contribution < 1.29 is 18.0 Å². The molecule has 0 saturated carbocycles. The van der Waals surface area contributed by atoms with Crippen LogP contribution in [-0.4, -0.2) is 24.5 Å². The van der Waals surface area contributed by atoms with Crippen LogP contribution in [0.15, 0.2) is 29.2 Å². The van der Waals surface area contributed by atoms with E-state index in [0.29, 0.717) is 5.69 Å². The van der Waals surface area contributed by atoms with Gasteiger partial charge in [0.2, 0.25) is 5.91 Å². The molecule has 0 saturated heterocycles. The highest BCUT2D eigenvalue weighted by molar-refractivity contribution is 8.00. The lowest BCUT2D eigenvalue weighted by Crippen LogP contribution is -2.28. The van der Waals surface area contributed by atoms with E-state index in [2.05, 4.69) is 16.6 Å². The van der Waals surface area contributed by atoms with Gasteiger partial charge in [0, 0.05) is 10.6 Å². The molecular formula is C12H11F3N2OS. The maximum absolute atomic E-state index is 12.1. The Morgan fingerprint density at radius 2 is 1.95 bits per heavy atom. The lowest BCUT2D eigenvalue weighted by atomic mass is 10.3. The van der Waals surface area contributed by atoms with Crippen molar-refractivity contribution in [2.24, 2.45) is 0 Å². The fraction of sp³-hybridized carbons (Fsp3) is 0.250. The summed E-state index contributed by atoms with van der Waals surface area (Å²) in [6, 6.07) is 5.41. The third kappa shape index (κ3) is 6.74. The Kier molecular flexibility index (Phi) is 5.73. The van der Waals surface area contributed by atoms with Crippen molar-refractivity contribution >= 4 is 23.4 Å². The molecule has 0 radical (unpaired) electrons. The second-order valence-corrected chi connectivity index (χ2v) is 4.57. The summed E-state index contributed by atoms with van der Waals surface area (Å²) in [6.07, 6.45) is 5.00. The third-order valence-corrected chi connectivity index (χ3v) is 2.62. The molecule has 0 aliphatic rings. The van der Waals surface area contributed by atoms with Crippen LogP contribution in [0.25, 0.3) is 0 Å². The van der Waals surface area contributed by atoms with Crippen molar-refractivity contribution in [1.82, 2.24) is 5.32 Å². The van der Waals surface area contributed by atoms with Crippen molar-refractivity contribution in [3.05, 3.63) is 24.3 Å². The molecule has 2 N–H and O–H groups in total. The molecule has 0 aromatic heterocycles. The van der Waals surface area contributed by atoms with Crippen molar-refractivity contribution in [3.8, 4) is 12.3 Å².